The third kappa shape index (κ3) is 3.32. The highest BCUT2D eigenvalue weighted by atomic mass is 16.2. The van der Waals surface area contributed by atoms with Gasteiger partial charge in [-0.05, 0) is 19.3 Å². The highest BCUT2D eigenvalue weighted by molar-refractivity contribution is 5.75. The fourth-order valence-corrected chi connectivity index (χ4v) is 1.94. The number of hydrogen-bond donors (Lipinski definition) is 3. The number of carbonyl (C=O) groups is 1. The molecule has 0 unspecified atom stereocenters. The van der Waals surface area contributed by atoms with Crippen molar-refractivity contribution >= 4 is 5.91 Å². The monoisotopic (exact) mass is 185 g/mol. The van der Waals surface area contributed by atoms with Crippen LogP contribution in [0.3, 0.4) is 0 Å². The van der Waals surface area contributed by atoms with Crippen LogP contribution in [0.15, 0.2) is 0 Å². The molecular weight excluding hydrogens is 166 g/mol. The molecule has 0 saturated heterocycles. The second-order valence-electron chi connectivity index (χ2n) is 3.99. The Bertz CT molecular complexity index is 176. The van der Waals surface area contributed by atoms with E-state index in [4.69, 9.17) is 11.6 Å². The number of hydrogen-bond acceptors (Lipinski definition) is 3. The molecule has 1 fully saturated rings. The molecule has 1 aliphatic carbocycles. The highest BCUT2D eigenvalue weighted by Gasteiger charge is 2.27. The van der Waals surface area contributed by atoms with Gasteiger partial charge in [0, 0.05) is 12.0 Å². The van der Waals surface area contributed by atoms with Gasteiger partial charge in [-0.15, -0.1) is 0 Å². The molecule has 1 rings (SSSR count). The lowest BCUT2D eigenvalue weighted by Crippen LogP contribution is -2.43. The third-order valence-electron chi connectivity index (χ3n) is 2.86. The highest BCUT2D eigenvalue weighted by Crippen LogP contribution is 2.29. The number of nitrogens with two attached hydrogens (primary N) is 2. The van der Waals surface area contributed by atoms with Crippen molar-refractivity contribution in [1.82, 2.24) is 5.43 Å². The van der Waals surface area contributed by atoms with Gasteiger partial charge in [0.1, 0.15) is 0 Å². The molecule has 13 heavy (non-hydrogen) atoms. The summed E-state index contributed by atoms with van der Waals surface area (Å²) in [5.41, 5.74) is 8.16. The van der Waals surface area contributed by atoms with Crippen LogP contribution in [0.25, 0.3) is 0 Å². The molecule has 0 aromatic heterocycles. The largest absolute Gasteiger partial charge is 0.325 e. The SMILES string of the molecule is NNC(=O)CCC1(N)CCCCC1. The molecule has 0 aromatic rings. The zero-order chi connectivity index (χ0) is 9.73. The van der Waals surface area contributed by atoms with E-state index in [0.717, 1.165) is 19.3 Å². The Morgan fingerprint density at radius 1 is 1.31 bits per heavy atom. The summed E-state index contributed by atoms with van der Waals surface area (Å²) in [5.74, 6) is 4.88. The average Bonchev–Trinajstić information content (AvgIpc) is 2.15. The minimum absolute atomic E-state index is 0.106. The van der Waals surface area contributed by atoms with E-state index in [1.54, 1.807) is 0 Å². The maximum absolute atomic E-state index is 10.9. The van der Waals surface area contributed by atoms with Crippen molar-refractivity contribution in [3.63, 3.8) is 0 Å². The quantitative estimate of drug-likeness (QED) is 0.338. The van der Waals surface area contributed by atoms with Crippen LogP contribution >= 0.6 is 0 Å². The fourth-order valence-electron chi connectivity index (χ4n) is 1.94. The van der Waals surface area contributed by atoms with Gasteiger partial charge in [-0.3, -0.25) is 10.2 Å². The second-order valence-corrected chi connectivity index (χ2v) is 3.99. The Balaban J connectivity index is 2.28. The second kappa shape index (κ2) is 4.58. The van der Waals surface area contributed by atoms with E-state index in [9.17, 15) is 4.79 Å². The average molecular weight is 185 g/mol. The summed E-state index contributed by atoms with van der Waals surface area (Å²) >= 11 is 0. The number of carbonyl (C=O) groups excluding carboxylic acids is 1. The molecule has 1 aliphatic rings. The summed E-state index contributed by atoms with van der Waals surface area (Å²) in [5, 5.41) is 0. The van der Waals surface area contributed by atoms with Crippen LogP contribution in [0.5, 0.6) is 0 Å². The molecule has 0 bridgehead atoms. The predicted molar refractivity (Wildman–Crippen MR) is 51.6 cm³/mol. The van der Waals surface area contributed by atoms with Gasteiger partial charge >= 0.3 is 0 Å². The topological polar surface area (TPSA) is 81.1 Å². The lowest BCUT2D eigenvalue weighted by Gasteiger charge is -2.33. The van der Waals surface area contributed by atoms with Gasteiger partial charge in [0.2, 0.25) is 5.91 Å². The van der Waals surface area contributed by atoms with E-state index in [1.165, 1.54) is 19.3 Å². The Labute approximate surface area is 79.0 Å². The molecule has 0 radical (unpaired) electrons. The van der Waals surface area contributed by atoms with Gasteiger partial charge in [0.15, 0.2) is 0 Å². The summed E-state index contributed by atoms with van der Waals surface area (Å²) in [6.45, 7) is 0. The van der Waals surface area contributed by atoms with E-state index in [-0.39, 0.29) is 11.4 Å². The Hall–Kier alpha value is -0.610. The van der Waals surface area contributed by atoms with Crippen molar-refractivity contribution in [1.29, 1.82) is 0 Å². The molecule has 5 N–H and O–H groups in total. The molecule has 1 amide bonds. The van der Waals surface area contributed by atoms with E-state index in [2.05, 4.69) is 5.43 Å². The maximum Gasteiger partial charge on any atom is 0.233 e. The lowest BCUT2D eigenvalue weighted by atomic mass is 9.79. The molecule has 4 nitrogen and oxygen atoms in total. The first-order valence-corrected chi connectivity index (χ1v) is 4.95. The van der Waals surface area contributed by atoms with E-state index in [0.29, 0.717) is 6.42 Å². The molecule has 0 spiro atoms. The minimum Gasteiger partial charge on any atom is -0.325 e. The van der Waals surface area contributed by atoms with Gasteiger partial charge in [-0.25, -0.2) is 5.84 Å². The molecule has 76 valence electrons. The van der Waals surface area contributed by atoms with Crippen molar-refractivity contribution < 1.29 is 4.79 Å². The summed E-state index contributed by atoms with van der Waals surface area (Å²) < 4.78 is 0. The first kappa shape index (κ1) is 10.5. The molecule has 0 aromatic carbocycles. The van der Waals surface area contributed by atoms with Crippen molar-refractivity contribution in [3.05, 3.63) is 0 Å². The van der Waals surface area contributed by atoms with Gasteiger partial charge in [0.25, 0.3) is 0 Å². The standard InChI is InChI=1S/C9H19N3O/c10-9(5-2-1-3-6-9)7-4-8(13)12-11/h1-7,10-11H2,(H,12,13). The normalized spacial score (nSPS) is 21.1. The fraction of sp³-hybridized carbons (Fsp3) is 0.889. The lowest BCUT2D eigenvalue weighted by molar-refractivity contribution is -0.121. The zero-order valence-corrected chi connectivity index (χ0v) is 8.01. The summed E-state index contributed by atoms with van der Waals surface area (Å²) in [4.78, 5) is 10.9. The van der Waals surface area contributed by atoms with Gasteiger partial charge in [-0.1, -0.05) is 19.3 Å². The van der Waals surface area contributed by atoms with Crippen LogP contribution in [-0.2, 0) is 4.79 Å². The summed E-state index contributed by atoms with van der Waals surface area (Å²) in [6, 6.07) is 0. The molecule has 0 aliphatic heterocycles. The van der Waals surface area contributed by atoms with Crippen LogP contribution in [0, 0.1) is 0 Å². The first-order chi connectivity index (χ1) is 6.16. The molecule has 0 atom stereocenters. The smallest absolute Gasteiger partial charge is 0.233 e. The molecule has 1 saturated carbocycles. The zero-order valence-electron chi connectivity index (χ0n) is 8.01. The van der Waals surface area contributed by atoms with E-state index >= 15 is 0 Å². The van der Waals surface area contributed by atoms with Gasteiger partial charge < -0.3 is 5.73 Å². The van der Waals surface area contributed by atoms with Crippen molar-refractivity contribution in [2.75, 3.05) is 0 Å². The summed E-state index contributed by atoms with van der Waals surface area (Å²) in [6.07, 6.45) is 6.97. The van der Waals surface area contributed by atoms with Crippen LogP contribution in [0.1, 0.15) is 44.9 Å². The Kier molecular flexibility index (Phi) is 3.69. The van der Waals surface area contributed by atoms with Crippen LogP contribution in [0.2, 0.25) is 0 Å². The maximum atomic E-state index is 10.9. The number of hydrazine groups is 1. The van der Waals surface area contributed by atoms with Gasteiger partial charge in [0.05, 0.1) is 0 Å². The van der Waals surface area contributed by atoms with Crippen molar-refractivity contribution in [2.45, 2.75) is 50.5 Å². The van der Waals surface area contributed by atoms with E-state index in [1.807, 2.05) is 0 Å². The molecule has 4 heteroatoms. The third-order valence-corrected chi connectivity index (χ3v) is 2.86. The van der Waals surface area contributed by atoms with Crippen LogP contribution in [-0.4, -0.2) is 11.4 Å². The number of amides is 1. The van der Waals surface area contributed by atoms with Crippen molar-refractivity contribution in [2.24, 2.45) is 11.6 Å². The Morgan fingerprint density at radius 2 is 1.92 bits per heavy atom. The number of nitrogens with one attached hydrogen (secondary N) is 1. The minimum atomic E-state index is -0.115. The van der Waals surface area contributed by atoms with Crippen LogP contribution < -0.4 is 17.0 Å². The molecule has 0 heterocycles. The van der Waals surface area contributed by atoms with Crippen LogP contribution in [0.4, 0.5) is 0 Å². The van der Waals surface area contributed by atoms with Gasteiger partial charge in [-0.2, -0.15) is 0 Å². The first-order valence-electron chi connectivity index (χ1n) is 4.95. The Morgan fingerprint density at radius 3 is 2.46 bits per heavy atom. The van der Waals surface area contributed by atoms with Crippen molar-refractivity contribution in [3.8, 4) is 0 Å². The summed E-state index contributed by atoms with van der Waals surface area (Å²) in [7, 11) is 0. The molecular formula is C9H19N3O. The number of rotatable bonds is 3. The van der Waals surface area contributed by atoms with E-state index < -0.39 is 0 Å². The predicted octanol–water partition coefficient (Wildman–Crippen LogP) is 0.418.